The number of carbonyl (C=O) groups is 1. The number of nitrogens with zero attached hydrogens (tertiary/aromatic N) is 1. The van der Waals surface area contributed by atoms with Crippen LogP contribution in [-0.4, -0.2) is 16.4 Å². The molecule has 2 aromatic rings. The third-order valence-corrected chi connectivity index (χ3v) is 4.43. The van der Waals surface area contributed by atoms with E-state index in [-0.39, 0.29) is 11.4 Å². The Morgan fingerprint density at radius 2 is 1.95 bits per heavy atom. The normalized spacial score (nSPS) is 14.7. The number of carbonyl (C=O) groups excluding carboxylic acids is 1. The van der Waals surface area contributed by atoms with Crippen LogP contribution in [0, 0.1) is 0 Å². The maximum absolute atomic E-state index is 12.9. The fourth-order valence-corrected chi connectivity index (χ4v) is 3.42. The molecule has 4 heteroatoms. The smallest absolute Gasteiger partial charge is 0.252 e. The maximum atomic E-state index is 12.9. The number of aryl methyl sites for hydroxylation is 1. The predicted molar refractivity (Wildman–Crippen MR) is 93.3 cm³/mol. The molecule has 22 heavy (non-hydrogen) atoms. The zero-order valence-corrected chi connectivity index (χ0v) is 14.9. The van der Waals surface area contributed by atoms with Gasteiger partial charge in [0, 0.05) is 21.1 Å². The second-order valence-electron chi connectivity index (χ2n) is 6.98. The molecule has 0 saturated heterocycles. The summed E-state index contributed by atoms with van der Waals surface area (Å²) in [6.07, 6.45) is 4.20. The van der Waals surface area contributed by atoms with Crippen LogP contribution in [0.3, 0.4) is 0 Å². The van der Waals surface area contributed by atoms with E-state index >= 15 is 0 Å². The van der Waals surface area contributed by atoms with E-state index in [0.717, 1.165) is 57.9 Å². The molecule has 1 aromatic heterocycles. The number of amides is 1. The Morgan fingerprint density at radius 1 is 1.23 bits per heavy atom. The highest BCUT2D eigenvalue weighted by atomic mass is 79.9. The van der Waals surface area contributed by atoms with E-state index in [2.05, 4.69) is 21.2 Å². The van der Waals surface area contributed by atoms with Crippen LogP contribution in [0.1, 0.15) is 55.2 Å². The molecule has 3 nitrogen and oxygen atoms in total. The summed E-state index contributed by atoms with van der Waals surface area (Å²) in [6.45, 7) is 6.03. The van der Waals surface area contributed by atoms with Gasteiger partial charge in [-0.2, -0.15) is 0 Å². The van der Waals surface area contributed by atoms with Crippen molar-refractivity contribution in [2.45, 2.75) is 52.0 Å². The van der Waals surface area contributed by atoms with Crippen LogP contribution in [0.4, 0.5) is 0 Å². The van der Waals surface area contributed by atoms with Crippen LogP contribution in [0.5, 0.6) is 0 Å². The lowest BCUT2D eigenvalue weighted by Crippen LogP contribution is -2.41. The van der Waals surface area contributed by atoms with E-state index in [1.54, 1.807) is 0 Å². The number of hydrogen-bond acceptors (Lipinski definition) is 2. The van der Waals surface area contributed by atoms with Crippen molar-refractivity contribution in [3.05, 3.63) is 39.5 Å². The third-order valence-electron chi connectivity index (χ3n) is 3.94. The predicted octanol–water partition coefficient (Wildman–Crippen LogP) is 4.40. The van der Waals surface area contributed by atoms with Gasteiger partial charge >= 0.3 is 0 Å². The molecule has 116 valence electrons. The first-order valence-electron chi connectivity index (χ1n) is 7.79. The highest BCUT2D eigenvalue weighted by Crippen LogP contribution is 2.31. The summed E-state index contributed by atoms with van der Waals surface area (Å²) in [5.74, 6) is 0.0103. The van der Waals surface area contributed by atoms with Gasteiger partial charge in [0.05, 0.1) is 11.1 Å². The third kappa shape index (κ3) is 3.02. The van der Waals surface area contributed by atoms with Gasteiger partial charge in [0.2, 0.25) is 0 Å². The molecule has 0 fully saturated rings. The summed E-state index contributed by atoms with van der Waals surface area (Å²) >= 11 is 3.51. The molecule has 1 N–H and O–H groups in total. The average Bonchev–Trinajstić information content (AvgIpc) is 2.42. The summed E-state index contributed by atoms with van der Waals surface area (Å²) in [5, 5.41) is 4.06. The van der Waals surface area contributed by atoms with Crippen molar-refractivity contribution in [2.75, 3.05) is 0 Å². The number of fused-ring (bicyclic) bond motifs is 2. The molecule has 1 aliphatic carbocycles. The van der Waals surface area contributed by atoms with Crippen molar-refractivity contribution < 1.29 is 4.79 Å². The summed E-state index contributed by atoms with van der Waals surface area (Å²) in [6, 6.07) is 5.98. The monoisotopic (exact) mass is 360 g/mol. The van der Waals surface area contributed by atoms with Gasteiger partial charge in [-0.1, -0.05) is 15.9 Å². The topological polar surface area (TPSA) is 42.0 Å². The van der Waals surface area contributed by atoms with E-state index in [4.69, 9.17) is 4.98 Å². The van der Waals surface area contributed by atoms with E-state index in [1.807, 2.05) is 39.0 Å². The van der Waals surface area contributed by atoms with E-state index in [9.17, 15) is 4.79 Å². The molecule has 3 rings (SSSR count). The van der Waals surface area contributed by atoms with Crippen molar-refractivity contribution in [3.8, 4) is 0 Å². The first-order valence-corrected chi connectivity index (χ1v) is 8.58. The zero-order chi connectivity index (χ0) is 15.9. The Kier molecular flexibility index (Phi) is 3.98. The first kappa shape index (κ1) is 15.5. The lowest BCUT2D eigenvalue weighted by Gasteiger charge is -2.25. The molecule has 1 aromatic carbocycles. The van der Waals surface area contributed by atoms with Crippen molar-refractivity contribution in [1.29, 1.82) is 0 Å². The van der Waals surface area contributed by atoms with E-state index in [0.29, 0.717) is 0 Å². The molecular formula is C18H21BrN2O. The standard InChI is InChI=1S/C18H21BrN2O/c1-18(2,3)21-17(22)16-12-6-4-5-7-14(12)20-15-9-8-11(19)10-13(15)16/h8-10H,4-7H2,1-3H3,(H,21,22). The fraction of sp³-hybridized carbons (Fsp3) is 0.444. The maximum Gasteiger partial charge on any atom is 0.252 e. The van der Waals surface area contributed by atoms with Crippen molar-refractivity contribution in [1.82, 2.24) is 10.3 Å². The van der Waals surface area contributed by atoms with Crippen molar-refractivity contribution in [3.63, 3.8) is 0 Å². The first-order chi connectivity index (χ1) is 10.3. The lowest BCUT2D eigenvalue weighted by molar-refractivity contribution is 0.0920. The Labute approximate surface area is 139 Å². The lowest BCUT2D eigenvalue weighted by atomic mass is 9.89. The minimum absolute atomic E-state index is 0.0103. The van der Waals surface area contributed by atoms with Gasteiger partial charge in [0.15, 0.2) is 0 Å². The van der Waals surface area contributed by atoms with Crippen LogP contribution < -0.4 is 5.32 Å². The number of benzene rings is 1. The molecule has 0 atom stereocenters. The molecule has 0 spiro atoms. The molecule has 1 aliphatic rings. The number of rotatable bonds is 1. The Balaban J connectivity index is 2.24. The quantitative estimate of drug-likeness (QED) is 0.818. The van der Waals surface area contributed by atoms with Gasteiger partial charge in [-0.25, -0.2) is 0 Å². The van der Waals surface area contributed by atoms with E-state index < -0.39 is 0 Å². The number of aromatic nitrogens is 1. The Morgan fingerprint density at radius 3 is 2.68 bits per heavy atom. The molecule has 0 unspecified atom stereocenters. The minimum Gasteiger partial charge on any atom is -0.347 e. The number of halogens is 1. The molecule has 0 bridgehead atoms. The SMILES string of the molecule is CC(C)(C)NC(=O)c1c2c(nc3ccc(Br)cc13)CCCC2. The second kappa shape index (κ2) is 5.65. The highest BCUT2D eigenvalue weighted by molar-refractivity contribution is 9.10. The van der Waals surface area contributed by atoms with Gasteiger partial charge in [0.25, 0.3) is 5.91 Å². The van der Waals surface area contributed by atoms with Crippen LogP contribution >= 0.6 is 15.9 Å². The second-order valence-corrected chi connectivity index (χ2v) is 7.90. The van der Waals surface area contributed by atoms with Crippen molar-refractivity contribution >= 4 is 32.7 Å². The Bertz CT molecular complexity index is 747. The minimum atomic E-state index is -0.250. The van der Waals surface area contributed by atoms with Crippen LogP contribution in [0.15, 0.2) is 22.7 Å². The molecule has 0 saturated carbocycles. The number of nitrogens with one attached hydrogen (secondary N) is 1. The fourth-order valence-electron chi connectivity index (χ4n) is 3.06. The van der Waals surface area contributed by atoms with Gasteiger partial charge in [-0.15, -0.1) is 0 Å². The van der Waals surface area contributed by atoms with Gasteiger partial charge in [-0.05, 0) is 70.2 Å². The average molecular weight is 361 g/mol. The van der Waals surface area contributed by atoms with Gasteiger partial charge < -0.3 is 5.32 Å². The van der Waals surface area contributed by atoms with E-state index in [1.165, 1.54) is 0 Å². The number of hydrogen-bond donors (Lipinski definition) is 1. The summed E-state index contributed by atoms with van der Waals surface area (Å²) in [5.41, 5.74) is 3.71. The zero-order valence-electron chi connectivity index (χ0n) is 13.3. The largest absolute Gasteiger partial charge is 0.347 e. The van der Waals surface area contributed by atoms with Crippen LogP contribution in [0.2, 0.25) is 0 Å². The molecular weight excluding hydrogens is 340 g/mol. The summed E-state index contributed by atoms with van der Waals surface area (Å²) in [7, 11) is 0. The molecule has 1 heterocycles. The van der Waals surface area contributed by atoms with Crippen LogP contribution in [-0.2, 0) is 12.8 Å². The number of pyridine rings is 1. The molecule has 0 aliphatic heterocycles. The van der Waals surface area contributed by atoms with Crippen LogP contribution in [0.25, 0.3) is 10.9 Å². The summed E-state index contributed by atoms with van der Waals surface area (Å²) in [4.78, 5) is 17.7. The van der Waals surface area contributed by atoms with Gasteiger partial charge in [-0.3, -0.25) is 9.78 Å². The Hall–Kier alpha value is -1.42. The van der Waals surface area contributed by atoms with Crippen molar-refractivity contribution in [2.24, 2.45) is 0 Å². The van der Waals surface area contributed by atoms with Gasteiger partial charge in [0.1, 0.15) is 0 Å². The molecule has 1 amide bonds. The summed E-state index contributed by atoms with van der Waals surface area (Å²) < 4.78 is 0.974. The molecule has 0 radical (unpaired) electrons. The highest BCUT2D eigenvalue weighted by Gasteiger charge is 2.25.